The van der Waals surface area contributed by atoms with Gasteiger partial charge in [0.1, 0.15) is 12.6 Å². The summed E-state index contributed by atoms with van der Waals surface area (Å²) in [7, 11) is 0. The summed E-state index contributed by atoms with van der Waals surface area (Å²) in [5.74, 6) is -1.09. The molecule has 8 heteroatoms. The minimum Gasteiger partial charge on any atom is -0.345 e. The molecule has 2 aromatic rings. The molecule has 0 aromatic heterocycles. The number of rotatable bonds is 8. The van der Waals surface area contributed by atoms with Crippen LogP contribution in [0.25, 0.3) is 0 Å². The fourth-order valence-electron chi connectivity index (χ4n) is 3.58. The second-order valence-electron chi connectivity index (χ2n) is 8.26. The summed E-state index contributed by atoms with van der Waals surface area (Å²) < 4.78 is 0. The van der Waals surface area contributed by atoms with E-state index < -0.39 is 30.4 Å². The highest BCUT2D eigenvalue weighted by molar-refractivity contribution is 6.09. The zero-order valence-corrected chi connectivity index (χ0v) is 18.4. The van der Waals surface area contributed by atoms with E-state index in [9.17, 15) is 19.2 Å². The minimum absolute atomic E-state index is 0.224. The number of carbonyl (C=O) groups excluding carboxylic acids is 4. The molecule has 1 saturated heterocycles. The van der Waals surface area contributed by atoms with Crippen LogP contribution in [-0.2, 0) is 9.59 Å². The third-order valence-corrected chi connectivity index (χ3v) is 5.21. The normalized spacial score (nSPS) is 16.6. The first-order valence-corrected chi connectivity index (χ1v) is 10.6. The van der Waals surface area contributed by atoms with Gasteiger partial charge in [0.25, 0.3) is 11.8 Å². The highest BCUT2D eigenvalue weighted by Gasteiger charge is 2.39. The second kappa shape index (κ2) is 10.1. The van der Waals surface area contributed by atoms with Crippen LogP contribution in [0.15, 0.2) is 54.6 Å². The van der Waals surface area contributed by atoms with E-state index in [0.717, 1.165) is 10.5 Å². The van der Waals surface area contributed by atoms with E-state index in [0.29, 0.717) is 17.7 Å². The van der Waals surface area contributed by atoms with E-state index in [1.807, 2.05) is 51.1 Å². The van der Waals surface area contributed by atoms with Gasteiger partial charge >= 0.3 is 6.03 Å². The quantitative estimate of drug-likeness (QED) is 0.553. The lowest BCUT2D eigenvalue weighted by Crippen LogP contribution is -2.39. The number of hydrogen-bond acceptors (Lipinski definition) is 4. The van der Waals surface area contributed by atoms with Crippen LogP contribution in [0.3, 0.4) is 0 Å². The molecule has 0 spiro atoms. The molecule has 2 aromatic carbocycles. The van der Waals surface area contributed by atoms with Crippen molar-refractivity contribution >= 4 is 29.4 Å². The van der Waals surface area contributed by atoms with Gasteiger partial charge < -0.3 is 16.0 Å². The molecule has 32 heavy (non-hydrogen) atoms. The van der Waals surface area contributed by atoms with Gasteiger partial charge in [0, 0.05) is 0 Å². The van der Waals surface area contributed by atoms with Gasteiger partial charge in [-0.1, -0.05) is 56.3 Å². The Hall–Kier alpha value is -3.68. The van der Waals surface area contributed by atoms with E-state index in [1.165, 1.54) is 0 Å². The molecule has 0 saturated carbocycles. The van der Waals surface area contributed by atoms with Crippen molar-refractivity contribution in [1.29, 1.82) is 0 Å². The van der Waals surface area contributed by atoms with Gasteiger partial charge in [-0.25, -0.2) is 4.79 Å². The van der Waals surface area contributed by atoms with Crippen molar-refractivity contribution in [3.8, 4) is 0 Å². The highest BCUT2D eigenvalue weighted by Crippen LogP contribution is 2.19. The first-order valence-electron chi connectivity index (χ1n) is 10.6. The molecule has 1 aliphatic heterocycles. The van der Waals surface area contributed by atoms with Crippen LogP contribution in [0.2, 0.25) is 0 Å². The number of nitrogens with zero attached hydrogens (tertiary/aromatic N) is 1. The molecule has 0 bridgehead atoms. The van der Waals surface area contributed by atoms with Crippen molar-refractivity contribution in [2.24, 2.45) is 5.92 Å². The Morgan fingerprint density at radius 1 is 1.00 bits per heavy atom. The molecular weight excluding hydrogens is 408 g/mol. The smallest absolute Gasteiger partial charge is 0.325 e. The van der Waals surface area contributed by atoms with E-state index in [4.69, 9.17) is 0 Å². The van der Waals surface area contributed by atoms with Gasteiger partial charge in [-0.3, -0.25) is 19.3 Å². The molecule has 168 valence electrons. The predicted octanol–water partition coefficient (Wildman–Crippen LogP) is 3.08. The van der Waals surface area contributed by atoms with Crippen LogP contribution < -0.4 is 16.0 Å². The second-order valence-corrected chi connectivity index (χ2v) is 8.26. The van der Waals surface area contributed by atoms with Crippen LogP contribution in [0.1, 0.15) is 49.2 Å². The number of carbonyl (C=O) groups is 4. The highest BCUT2D eigenvalue weighted by atomic mass is 16.2. The van der Waals surface area contributed by atoms with Crippen molar-refractivity contribution < 1.29 is 19.2 Å². The molecule has 5 amide bonds. The summed E-state index contributed by atoms with van der Waals surface area (Å²) in [5.41, 5.74) is 1.55. The molecule has 3 rings (SSSR count). The largest absolute Gasteiger partial charge is 0.345 e. The Balaban J connectivity index is 1.65. The molecule has 0 aliphatic carbocycles. The van der Waals surface area contributed by atoms with E-state index in [2.05, 4.69) is 16.0 Å². The van der Waals surface area contributed by atoms with Gasteiger partial charge in [-0.15, -0.1) is 0 Å². The van der Waals surface area contributed by atoms with E-state index in [1.54, 1.807) is 24.3 Å². The van der Waals surface area contributed by atoms with Gasteiger partial charge in [0.15, 0.2) is 0 Å². The standard InChI is InChI=1S/C24H28N4O4/c1-15(2)13-20-23(31)28(24(32)27-20)14-21(29)26-19-12-8-7-11-18(19)22(30)25-16(3)17-9-5-4-6-10-17/h4-12,15-16,20H,13-14H2,1-3H3,(H,25,30)(H,26,29)(H,27,32). The number of amides is 5. The lowest BCUT2D eigenvalue weighted by Gasteiger charge is -2.17. The molecule has 2 unspecified atom stereocenters. The summed E-state index contributed by atoms with van der Waals surface area (Å²) in [4.78, 5) is 50.9. The Morgan fingerprint density at radius 3 is 2.34 bits per heavy atom. The summed E-state index contributed by atoms with van der Waals surface area (Å²) in [6.45, 7) is 5.36. The van der Waals surface area contributed by atoms with Crippen molar-refractivity contribution in [2.75, 3.05) is 11.9 Å². The van der Waals surface area contributed by atoms with Crippen LogP contribution in [0.4, 0.5) is 10.5 Å². The van der Waals surface area contributed by atoms with Gasteiger partial charge in [0.2, 0.25) is 5.91 Å². The first kappa shape index (κ1) is 23.0. The van der Waals surface area contributed by atoms with Gasteiger partial charge in [-0.05, 0) is 37.0 Å². The molecule has 0 radical (unpaired) electrons. The molecule has 2 atom stereocenters. The monoisotopic (exact) mass is 436 g/mol. The Labute approximate surface area is 187 Å². The van der Waals surface area contributed by atoms with Crippen molar-refractivity contribution in [3.63, 3.8) is 0 Å². The number of imide groups is 1. The fraction of sp³-hybridized carbons (Fsp3) is 0.333. The van der Waals surface area contributed by atoms with Crippen LogP contribution >= 0.6 is 0 Å². The average molecular weight is 437 g/mol. The van der Waals surface area contributed by atoms with E-state index in [-0.39, 0.29) is 17.9 Å². The summed E-state index contributed by atoms with van der Waals surface area (Å²) >= 11 is 0. The summed E-state index contributed by atoms with van der Waals surface area (Å²) in [6, 6.07) is 14.7. The topological polar surface area (TPSA) is 108 Å². The number of urea groups is 1. The maximum absolute atomic E-state index is 12.8. The zero-order valence-electron chi connectivity index (χ0n) is 18.4. The lowest BCUT2D eigenvalue weighted by molar-refractivity contribution is -0.131. The van der Waals surface area contributed by atoms with Gasteiger partial charge in [-0.2, -0.15) is 0 Å². The number of para-hydroxylation sites is 1. The molecular formula is C24H28N4O4. The third-order valence-electron chi connectivity index (χ3n) is 5.21. The zero-order chi connectivity index (χ0) is 23.3. The maximum Gasteiger partial charge on any atom is 0.325 e. The van der Waals surface area contributed by atoms with Gasteiger partial charge in [0.05, 0.1) is 17.3 Å². The number of benzene rings is 2. The number of anilines is 1. The van der Waals surface area contributed by atoms with Crippen molar-refractivity contribution in [1.82, 2.24) is 15.5 Å². The van der Waals surface area contributed by atoms with Crippen LogP contribution in [0, 0.1) is 5.92 Å². The average Bonchev–Trinajstić information content (AvgIpc) is 3.01. The molecule has 1 heterocycles. The Kier molecular flexibility index (Phi) is 7.25. The summed E-state index contributed by atoms with van der Waals surface area (Å²) in [5, 5.41) is 8.19. The minimum atomic E-state index is -0.618. The molecule has 1 fully saturated rings. The van der Waals surface area contributed by atoms with Crippen molar-refractivity contribution in [2.45, 2.75) is 39.3 Å². The molecule has 8 nitrogen and oxygen atoms in total. The number of nitrogens with one attached hydrogen (secondary N) is 3. The molecule has 1 aliphatic rings. The third kappa shape index (κ3) is 5.51. The lowest BCUT2D eigenvalue weighted by atomic mass is 10.0. The van der Waals surface area contributed by atoms with Crippen LogP contribution in [0.5, 0.6) is 0 Å². The van der Waals surface area contributed by atoms with Crippen LogP contribution in [-0.4, -0.2) is 41.2 Å². The Morgan fingerprint density at radius 2 is 1.66 bits per heavy atom. The van der Waals surface area contributed by atoms with E-state index >= 15 is 0 Å². The SMILES string of the molecule is CC(C)CC1NC(=O)N(CC(=O)Nc2ccccc2C(=O)NC(C)c2ccccc2)C1=O. The van der Waals surface area contributed by atoms with Crippen molar-refractivity contribution in [3.05, 3.63) is 65.7 Å². The number of hydrogen-bond donors (Lipinski definition) is 3. The predicted molar refractivity (Wildman–Crippen MR) is 121 cm³/mol. The first-order chi connectivity index (χ1) is 15.3. The molecule has 3 N–H and O–H groups in total. The fourth-order valence-corrected chi connectivity index (χ4v) is 3.58. The summed E-state index contributed by atoms with van der Waals surface area (Å²) in [6.07, 6.45) is 0.505. The Bertz CT molecular complexity index is 1010. The maximum atomic E-state index is 12.8.